The van der Waals surface area contributed by atoms with Crippen LogP contribution in [0, 0.1) is 11.8 Å². The molecule has 0 radical (unpaired) electrons. The molecule has 0 aromatic heterocycles. The first-order valence-electron chi connectivity index (χ1n) is 6.73. The standard InChI is InChI=1S/C13H25N3O2/c1-4-8(2)11(14)13(18)16-7-10(12(15)17)6-5-9(16)3/h8-11H,4-7,14H2,1-3H3,(H2,15,17). The van der Waals surface area contributed by atoms with Gasteiger partial charge in [-0.25, -0.2) is 0 Å². The van der Waals surface area contributed by atoms with Gasteiger partial charge in [0, 0.05) is 12.6 Å². The molecule has 0 aromatic rings. The molecule has 0 spiro atoms. The second-order valence-corrected chi connectivity index (χ2v) is 5.43. The molecular formula is C13H25N3O2. The van der Waals surface area contributed by atoms with Gasteiger partial charge < -0.3 is 16.4 Å². The highest BCUT2D eigenvalue weighted by Gasteiger charge is 2.34. The van der Waals surface area contributed by atoms with Gasteiger partial charge in [-0.05, 0) is 25.7 Å². The third-order valence-electron chi connectivity index (χ3n) is 4.11. The number of amides is 2. The van der Waals surface area contributed by atoms with Crippen LogP contribution in [0.25, 0.3) is 0 Å². The van der Waals surface area contributed by atoms with Gasteiger partial charge in [0.05, 0.1) is 12.0 Å². The third kappa shape index (κ3) is 3.22. The van der Waals surface area contributed by atoms with Crippen molar-refractivity contribution >= 4 is 11.8 Å². The Labute approximate surface area is 109 Å². The molecule has 18 heavy (non-hydrogen) atoms. The van der Waals surface area contributed by atoms with Gasteiger partial charge in [0.1, 0.15) is 0 Å². The van der Waals surface area contributed by atoms with E-state index < -0.39 is 6.04 Å². The Hall–Kier alpha value is -1.10. The lowest BCUT2D eigenvalue weighted by molar-refractivity contribution is -0.139. The molecular weight excluding hydrogens is 230 g/mol. The van der Waals surface area contributed by atoms with Crippen LogP contribution in [0.2, 0.25) is 0 Å². The first-order chi connectivity index (χ1) is 8.38. The minimum absolute atomic E-state index is 0.0530. The van der Waals surface area contributed by atoms with Crippen LogP contribution in [0.5, 0.6) is 0 Å². The summed E-state index contributed by atoms with van der Waals surface area (Å²) in [6.07, 6.45) is 2.44. The minimum atomic E-state index is -0.482. The fourth-order valence-corrected chi connectivity index (χ4v) is 2.34. The maximum absolute atomic E-state index is 12.3. The van der Waals surface area contributed by atoms with E-state index in [0.29, 0.717) is 6.54 Å². The van der Waals surface area contributed by atoms with Crippen molar-refractivity contribution in [2.45, 2.75) is 52.1 Å². The van der Waals surface area contributed by atoms with E-state index >= 15 is 0 Å². The molecule has 1 aliphatic rings. The number of nitrogens with zero attached hydrogens (tertiary/aromatic N) is 1. The van der Waals surface area contributed by atoms with Gasteiger partial charge >= 0.3 is 0 Å². The molecule has 1 heterocycles. The van der Waals surface area contributed by atoms with E-state index in [2.05, 4.69) is 0 Å². The molecule has 5 nitrogen and oxygen atoms in total. The molecule has 4 unspecified atom stereocenters. The molecule has 4 atom stereocenters. The van der Waals surface area contributed by atoms with Gasteiger partial charge in [0.2, 0.25) is 11.8 Å². The van der Waals surface area contributed by atoms with E-state index in [9.17, 15) is 9.59 Å². The van der Waals surface area contributed by atoms with Crippen LogP contribution >= 0.6 is 0 Å². The summed E-state index contributed by atoms with van der Waals surface area (Å²) in [4.78, 5) is 25.3. The van der Waals surface area contributed by atoms with Crippen LogP contribution < -0.4 is 11.5 Å². The Kier molecular flexibility index (Phi) is 5.14. The van der Waals surface area contributed by atoms with Crippen LogP contribution in [0.1, 0.15) is 40.0 Å². The van der Waals surface area contributed by atoms with Crippen LogP contribution in [0.15, 0.2) is 0 Å². The molecule has 0 bridgehead atoms. The fourth-order valence-electron chi connectivity index (χ4n) is 2.34. The molecule has 4 N–H and O–H groups in total. The van der Waals surface area contributed by atoms with Gasteiger partial charge in [0.25, 0.3) is 0 Å². The largest absolute Gasteiger partial charge is 0.369 e. The summed E-state index contributed by atoms with van der Waals surface area (Å²) < 4.78 is 0. The van der Waals surface area contributed by atoms with E-state index in [1.54, 1.807) is 4.90 Å². The van der Waals surface area contributed by atoms with Gasteiger partial charge in [-0.3, -0.25) is 9.59 Å². The first-order valence-corrected chi connectivity index (χ1v) is 6.73. The number of hydrogen-bond acceptors (Lipinski definition) is 3. The quantitative estimate of drug-likeness (QED) is 0.765. The highest BCUT2D eigenvalue weighted by atomic mass is 16.2. The summed E-state index contributed by atoms with van der Waals surface area (Å²) >= 11 is 0. The summed E-state index contributed by atoms with van der Waals surface area (Å²) in [6.45, 7) is 6.41. The molecule has 5 heteroatoms. The monoisotopic (exact) mass is 255 g/mol. The van der Waals surface area contributed by atoms with Crippen molar-refractivity contribution in [2.24, 2.45) is 23.3 Å². The van der Waals surface area contributed by atoms with E-state index in [-0.39, 0.29) is 29.7 Å². The topological polar surface area (TPSA) is 89.4 Å². The molecule has 104 valence electrons. The molecule has 1 aliphatic heterocycles. The number of carbonyl (C=O) groups excluding carboxylic acids is 2. The molecule has 0 aromatic carbocycles. The van der Waals surface area contributed by atoms with Crippen molar-refractivity contribution < 1.29 is 9.59 Å². The Morgan fingerprint density at radius 3 is 2.50 bits per heavy atom. The number of likely N-dealkylation sites (tertiary alicyclic amines) is 1. The maximum atomic E-state index is 12.3. The lowest BCUT2D eigenvalue weighted by Crippen LogP contribution is -2.55. The summed E-state index contributed by atoms with van der Waals surface area (Å²) in [5, 5.41) is 0. The smallest absolute Gasteiger partial charge is 0.240 e. The molecule has 1 rings (SSSR count). The van der Waals surface area contributed by atoms with Crippen molar-refractivity contribution in [1.29, 1.82) is 0 Å². The van der Waals surface area contributed by atoms with E-state index in [1.165, 1.54) is 0 Å². The maximum Gasteiger partial charge on any atom is 0.240 e. The molecule has 0 saturated carbocycles. The van der Waals surface area contributed by atoms with Crippen molar-refractivity contribution in [3.8, 4) is 0 Å². The molecule has 0 aliphatic carbocycles. The number of rotatable bonds is 4. The van der Waals surface area contributed by atoms with Crippen molar-refractivity contribution in [3.05, 3.63) is 0 Å². The lowest BCUT2D eigenvalue weighted by atomic mass is 9.90. The zero-order valence-electron chi connectivity index (χ0n) is 11.6. The second-order valence-electron chi connectivity index (χ2n) is 5.43. The zero-order chi connectivity index (χ0) is 13.9. The van der Waals surface area contributed by atoms with Crippen molar-refractivity contribution in [1.82, 2.24) is 4.90 Å². The highest BCUT2D eigenvalue weighted by Crippen LogP contribution is 2.23. The van der Waals surface area contributed by atoms with Crippen molar-refractivity contribution in [2.75, 3.05) is 6.54 Å². The van der Waals surface area contributed by atoms with E-state index in [4.69, 9.17) is 11.5 Å². The fraction of sp³-hybridized carbons (Fsp3) is 0.846. The van der Waals surface area contributed by atoms with E-state index in [0.717, 1.165) is 19.3 Å². The second kappa shape index (κ2) is 6.18. The first kappa shape index (κ1) is 15.0. The summed E-state index contributed by atoms with van der Waals surface area (Å²) in [5.74, 6) is -0.451. The Balaban J connectivity index is 2.73. The van der Waals surface area contributed by atoms with Gasteiger partial charge in [0.15, 0.2) is 0 Å². The van der Waals surface area contributed by atoms with Gasteiger partial charge in [-0.15, -0.1) is 0 Å². The number of hydrogen-bond donors (Lipinski definition) is 2. The Morgan fingerprint density at radius 2 is 2.00 bits per heavy atom. The number of carbonyl (C=O) groups is 2. The average Bonchev–Trinajstić information content (AvgIpc) is 2.36. The average molecular weight is 255 g/mol. The van der Waals surface area contributed by atoms with Crippen LogP contribution in [0.4, 0.5) is 0 Å². The lowest BCUT2D eigenvalue weighted by Gasteiger charge is -2.39. The number of piperidine rings is 1. The number of primary amides is 1. The predicted octanol–water partition coefficient (Wildman–Crippen LogP) is 0.472. The van der Waals surface area contributed by atoms with E-state index in [1.807, 2.05) is 20.8 Å². The summed E-state index contributed by atoms with van der Waals surface area (Å²) in [5.41, 5.74) is 11.3. The van der Waals surface area contributed by atoms with Crippen LogP contribution in [0.3, 0.4) is 0 Å². The zero-order valence-corrected chi connectivity index (χ0v) is 11.6. The van der Waals surface area contributed by atoms with Crippen LogP contribution in [-0.2, 0) is 9.59 Å². The molecule has 1 saturated heterocycles. The van der Waals surface area contributed by atoms with Gasteiger partial charge in [-0.2, -0.15) is 0 Å². The SMILES string of the molecule is CCC(C)C(N)C(=O)N1CC(C(N)=O)CCC1C. The normalized spacial score (nSPS) is 27.7. The molecule has 2 amide bonds. The molecule has 1 fully saturated rings. The summed E-state index contributed by atoms with van der Waals surface area (Å²) in [6, 6.07) is -0.340. The predicted molar refractivity (Wildman–Crippen MR) is 70.5 cm³/mol. The highest BCUT2D eigenvalue weighted by molar-refractivity contribution is 5.84. The Bertz CT molecular complexity index is 319. The van der Waals surface area contributed by atoms with Crippen LogP contribution in [-0.4, -0.2) is 35.3 Å². The minimum Gasteiger partial charge on any atom is -0.369 e. The number of nitrogens with two attached hydrogens (primary N) is 2. The van der Waals surface area contributed by atoms with Crippen molar-refractivity contribution in [3.63, 3.8) is 0 Å². The van der Waals surface area contributed by atoms with Gasteiger partial charge in [-0.1, -0.05) is 20.3 Å². The summed E-state index contributed by atoms with van der Waals surface area (Å²) in [7, 11) is 0. The third-order valence-corrected chi connectivity index (χ3v) is 4.11. The Morgan fingerprint density at radius 1 is 1.39 bits per heavy atom.